The Bertz CT molecular complexity index is 155. The third kappa shape index (κ3) is 1.60. The van der Waals surface area contributed by atoms with Crippen LogP contribution in [0.2, 0.25) is 0 Å². The Hall–Kier alpha value is -0.770. The van der Waals surface area contributed by atoms with E-state index in [1.54, 1.807) is 0 Å². The van der Waals surface area contributed by atoms with E-state index >= 15 is 0 Å². The Labute approximate surface area is 58.2 Å². The van der Waals surface area contributed by atoms with Crippen LogP contribution >= 0.6 is 0 Å². The van der Waals surface area contributed by atoms with Crippen molar-refractivity contribution in [3.05, 3.63) is 10.4 Å². The zero-order valence-corrected chi connectivity index (χ0v) is 5.47. The quantitative estimate of drug-likeness (QED) is 0.328. The molecule has 1 aliphatic rings. The molecule has 5 heteroatoms. The second-order valence-electron chi connectivity index (χ2n) is 2.20. The number of azide groups is 1. The van der Waals surface area contributed by atoms with Crippen molar-refractivity contribution in [1.82, 2.24) is 0 Å². The van der Waals surface area contributed by atoms with E-state index in [-0.39, 0.29) is 12.6 Å². The SMILES string of the molecule is [N-]=[N+]=NC1CCOCC1O. The lowest BCUT2D eigenvalue weighted by atomic mass is 10.1. The molecule has 2 unspecified atom stereocenters. The summed E-state index contributed by atoms with van der Waals surface area (Å²) in [4.78, 5) is 2.62. The molecule has 1 saturated heterocycles. The molecule has 0 aliphatic carbocycles. The lowest BCUT2D eigenvalue weighted by Crippen LogP contribution is -2.34. The van der Waals surface area contributed by atoms with Crippen molar-refractivity contribution in [2.24, 2.45) is 5.11 Å². The Morgan fingerprint density at radius 1 is 1.70 bits per heavy atom. The molecular weight excluding hydrogens is 134 g/mol. The fourth-order valence-electron chi connectivity index (χ4n) is 0.913. The summed E-state index contributed by atoms with van der Waals surface area (Å²) in [5, 5.41) is 12.5. The molecule has 1 heterocycles. The highest BCUT2D eigenvalue weighted by Gasteiger charge is 2.21. The number of hydrogen-bond acceptors (Lipinski definition) is 3. The van der Waals surface area contributed by atoms with E-state index < -0.39 is 6.10 Å². The van der Waals surface area contributed by atoms with Crippen molar-refractivity contribution < 1.29 is 9.84 Å². The minimum Gasteiger partial charge on any atom is -0.390 e. The van der Waals surface area contributed by atoms with Gasteiger partial charge >= 0.3 is 0 Å². The van der Waals surface area contributed by atoms with Crippen LogP contribution in [0.3, 0.4) is 0 Å². The molecule has 1 fully saturated rings. The summed E-state index contributed by atoms with van der Waals surface area (Å²) in [6.07, 6.45) is -0.00440. The van der Waals surface area contributed by atoms with Gasteiger partial charge in [0.15, 0.2) is 0 Å². The predicted octanol–water partition coefficient (Wildman–Crippen LogP) is 0.447. The molecule has 1 N–H and O–H groups in total. The number of aliphatic hydroxyl groups excluding tert-OH is 1. The van der Waals surface area contributed by atoms with Crippen LogP contribution in [-0.4, -0.2) is 30.5 Å². The third-order valence-corrected chi connectivity index (χ3v) is 1.49. The van der Waals surface area contributed by atoms with Crippen LogP contribution in [0, 0.1) is 0 Å². The van der Waals surface area contributed by atoms with Crippen LogP contribution in [0.15, 0.2) is 5.11 Å². The van der Waals surface area contributed by atoms with Gasteiger partial charge in [0.1, 0.15) is 0 Å². The summed E-state index contributed by atoms with van der Waals surface area (Å²) >= 11 is 0. The molecule has 1 rings (SSSR count). The normalized spacial score (nSPS) is 32.9. The highest BCUT2D eigenvalue weighted by molar-refractivity contribution is 4.78. The fraction of sp³-hybridized carbons (Fsp3) is 1.00. The van der Waals surface area contributed by atoms with Gasteiger partial charge in [-0.15, -0.1) is 0 Å². The number of aliphatic hydroxyl groups is 1. The summed E-state index contributed by atoms with van der Waals surface area (Å²) in [5.74, 6) is 0. The highest BCUT2D eigenvalue weighted by atomic mass is 16.5. The van der Waals surface area contributed by atoms with E-state index in [2.05, 4.69) is 10.0 Å². The standard InChI is InChI=1S/C5H9N3O2/c6-8-7-4-1-2-10-3-5(4)9/h4-5,9H,1-3H2. The molecule has 0 saturated carbocycles. The Balaban J connectivity index is 2.47. The van der Waals surface area contributed by atoms with Gasteiger partial charge in [0.2, 0.25) is 0 Å². The monoisotopic (exact) mass is 143 g/mol. The smallest absolute Gasteiger partial charge is 0.0859 e. The molecule has 0 aromatic rings. The average Bonchev–Trinajstić information content (AvgIpc) is 1.94. The molecule has 0 aromatic carbocycles. The summed E-state index contributed by atoms with van der Waals surface area (Å²) in [7, 11) is 0. The van der Waals surface area contributed by atoms with Crippen LogP contribution in [0.1, 0.15) is 6.42 Å². The Kier molecular flexibility index (Phi) is 2.50. The van der Waals surface area contributed by atoms with Crippen LogP contribution in [0.5, 0.6) is 0 Å². The van der Waals surface area contributed by atoms with E-state index in [4.69, 9.17) is 15.4 Å². The fourth-order valence-corrected chi connectivity index (χ4v) is 0.913. The molecule has 0 spiro atoms. The number of ether oxygens (including phenoxy) is 1. The summed E-state index contributed by atoms with van der Waals surface area (Å²) in [6, 6.07) is -0.293. The van der Waals surface area contributed by atoms with Crippen molar-refractivity contribution in [1.29, 1.82) is 0 Å². The molecule has 5 nitrogen and oxygen atoms in total. The molecule has 0 radical (unpaired) electrons. The highest BCUT2D eigenvalue weighted by Crippen LogP contribution is 2.10. The van der Waals surface area contributed by atoms with Gasteiger partial charge < -0.3 is 9.84 Å². The second kappa shape index (κ2) is 3.41. The molecule has 0 amide bonds. The first kappa shape index (κ1) is 7.34. The van der Waals surface area contributed by atoms with Crippen LogP contribution < -0.4 is 0 Å². The first-order chi connectivity index (χ1) is 4.84. The molecule has 0 bridgehead atoms. The van der Waals surface area contributed by atoms with E-state index in [0.717, 1.165) is 0 Å². The lowest BCUT2D eigenvalue weighted by molar-refractivity contribution is -0.0181. The zero-order valence-electron chi connectivity index (χ0n) is 5.47. The maximum absolute atomic E-state index is 9.11. The minimum atomic E-state index is -0.621. The van der Waals surface area contributed by atoms with Crippen LogP contribution in [0.25, 0.3) is 10.4 Å². The zero-order chi connectivity index (χ0) is 7.40. The van der Waals surface area contributed by atoms with Crippen molar-refractivity contribution in [2.75, 3.05) is 13.2 Å². The van der Waals surface area contributed by atoms with Crippen molar-refractivity contribution in [3.8, 4) is 0 Å². The maximum atomic E-state index is 9.11. The number of rotatable bonds is 1. The average molecular weight is 143 g/mol. The maximum Gasteiger partial charge on any atom is 0.0859 e. The Morgan fingerprint density at radius 3 is 3.10 bits per heavy atom. The van der Waals surface area contributed by atoms with Gasteiger partial charge in [-0.2, -0.15) is 0 Å². The molecule has 0 aromatic heterocycles. The van der Waals surface area contributed by atoms with Gasteiger partial charge in [-0.3, -0.25) is 0 Å². The van der Waals surface area contributed by atoms with E-state index in [1.807, 2.05) is 0 Å². The van der Waals surface area contributed by atoms with Gasteiger partial charge in [0.25, 0.3) is 0 Å². The molecule has 1 aliphatic heterocycles. The van der Waals surface area contributed by atoms with Crippen molar-refractivity contribution in [2.45, 2.75) is 18.6 Å². The minimum absolute atomic E-state index is 0.281. The largest absolute Gasteiger partial charge is 0.390 e. The van der Waals surface area contributed by atoms with Gasteiger partial charge in [-0.05, 0) is 12.0 Å². The van der Waals surface area contributed by atoms with Crippen LogP contribution in [0.4, 0.5) is 0 Å². The van der Waals surface area contributed by atoms with Crippen LogP contribution in [-0.2, 0) is 4.74 Å². The lowest BCUT2D eigenvalue weighted by Gasteiger charge is -2.23. The van der Waals surface area contributed by atoms with Crippen molar-refractivity contribution >= 4 is 0 Å². The topological polar surface area (TPSA) is 78.2 Å². The van der Waals surface area contributed by atoms with E-state index in [1.165, 1.54) is 0 Å². The first-order valence-corrected chi connectivity index (χ1v) is 3.14. The molecule has 2 atom stereocenters. The van der Waals surface area contributed by atoms with E-state index in [9.17, 15) is 0 Å². The van der Waals surface area contributed by atoms with E-state index in [0.29, 0.717) is 13.0 Å². The summed E-state index contributed by atoms with van der Waals surface area (Å²) in [6.45, 7) is 0.852. The third-order valence-electron chi connectivity index (χ3n) is 1.49. The number of nitrogens with zero attached hydrogens (tertiary/aromatic N) is 3. The second-order valence-corrected chi connectivity index (χ2v) is 2.20. The van der Waals surface area contributed by atoms with Crippen molar-refractivity contribution in [3.63, 3.8) is 0 Å². The van der Waals surface area contributed by atoms with Gasteiger partial charge in [0.05, 0.1) is 18.8 Å². The van der Waals surface area contributed by atoms with Gasteiger partial charge in [0, 0.05) is 11.5 Å². The predicted molar refractivity (Wildman–Crippen MR) is 34.4 cm³/mol. The number of hydrogen-bond donors (Lipinski definition) is 1. The Morgan fingerprint density at radius 2 is 2.50 bits per heavy atom. The summed E-state index contributed by atoms with van der Waals surface area (Å²) < 4.78 is 4.92. The molecule has 10 heavy (non-hydrogen) atoms. The molecular formula is C5H9N3O2. The summed E-state index contributed by atoms with van der Waals surface area (Å²) in [5.41, 5.74) is 8.04. The molecule has 56 valence electrons. The first-order valence-electron chi connectivity index (χ1n) is 3.14. The van der Waals surface area contributed by atoms with Gasteiger partial charge in [-0.25, -0.2) is 0 Å². The van der Waals surface area contributed by atoms with Gasteiger partial charge in [-0.1, -0.05) is 5.11 Å².